The highest BCUT2D eigenvalue weighted by atomic mass is 79.9. The average Bonchev–Trinajstić information content (AvgIpc) is 3.03. The van der Waals surface area contributed by atoms with E-state index in [0.29, 0.717) is 37.0 Å². The Morgan fingerprint density at radius 3 is 2.52 bits per heavy atom. The average molecular weight is 408 g/mol. The van der Waals surface area contributed by atoms with Crippen LogP contribution in [0.15, 0.2) is 33.3 Å². The van der Waals surface area contributed by atoms with E-state index in [1.165, 1.54) is 0 Å². The molecule has 0 aliphatic carbocycles. The third-order valence-electron chi connectivity index (χ3n) is 4.16. The van der Waals surface area contributed by atoms with Crippen molar-refractivity contribution in [3.05, 3.63) is 34.6 Å². The zero-order valence-electron chi connectivity index (χ0n) is 15.3. The fraction of sp³-hybridized carbons (Fsp3) is 0.526. The molecule has 1 heterocycles. The highest BCUT2D eigenvalue weighted by Crippen LogP contribution is 2.19. The van der Waals surface area contributed by atoms with Crippen molar-refractivity contribution >= 4 is 21.8 Å². The molecule has 6 heteroatoms. The van der Waals surface area contributed by atoms with Gasteiger partial charge in [0.05, 0.1) is 0 Å². The molecular weight excluding hydrogens is 382 g/mol. The highest BCUT2D eigenvalue weighted by Gasteiger charge is 2.20. The summed E-state index contributed by atoms with van der Waals surface area (Å²) < 4.78 is 6.37. The van der Waals surface area contributed by atoms with Crippen LogP contribution in [0.25, 0.3) is 11.4 Å². The predicted molar refractivity (Wildman–Crippen MR) is 102 cm³/mol. The summed E-state index contributed by atoms with van der Waals surface area (Å²) in [5.41, 5.74) is 0.910. The molecule has 0 unspecified atom stereocenters. The molecule has 0 fully saturated rings. The summed E-state index contributed by atoms with van der Waals surface area (Å²) >= 11 is 3.41. The fourth-order valence-electron chi connectivity index (χ4n) is 2.57. The summed E-state index contributed by atoms with van der Waals surface area (Å²) in [4.78, 5) is 18.9. The number of aromatic nitrogens is 2. The smallest absolute Gasteiger partial charge is 0.228 e. The summed E-state index contributed by atoms with van der Waals surface area (Å²) in [6, 6.07) is 7.98. The van der Waals surface area contributed by atoms with Crippen LogP contribution in [-0.4, -0.2) is 33.5 Å². The van der Waals surface area contributed by atoms with Crippen LogP contribution in [0.3, 0.4) is 0 Å². The minimum absolute atomic E-state index is 0.192. The number of carbonyl (C=O) groups excluding carboxylic acids is 1. The predicted octanol–water partition coefficient (Wildman–Crippen LogP) is 4.71. The highest BCUT2D eigenvalue weighted by molar-refractivity contribution is 9.10. The standard InChI is InChI=1S/C19H26BrN3O2/c1-5-14(4)23(18(24)12-13(2)3)11-10-17-21-19(22-25-17)15-6-8-16(20)9-7-15/h6-9,13-14H,5,10-12H2,1-4H3/t14-/m0/s1. The van der Waals surface area contributed by atoms with Gasteiger partial charge in [0.15, 0.2) is 0 Å². The Kier molecular flexibility index (Phi) is 7.17. The molecule has 0 aliphatic rings. The van der Waals surface area contributed by atoms with Crippen LogP contribution in [0.1, 0.15) is 46.4 Å². The SMILES string of the molecule is CC[C@H](C)N(CCc1nc(-c2ccc(Br)cc2)no1)C(=O)CC(C)C. The molecule has 5 nitrogen and oxygen atoms in total. The Labute approximate surface area is 157 Å². The molecule has 1 atom stereocenters. The Morgan fingerprint density at radius 2 is 1.92 bits per heavy atom. The molecular formula is C19H26BrN3O2. The lowest BCUT2D eigenvalue weighted by Gasteiger charge is -2.29. The molecule has 2 aromatic rings. The van der Waals surface area contributed by atoms with E-state index in [1.807, 2.05) is 29.2 Å². The van der Waals surface area contributed by atoms with Crippen molar-refractivity contribution in [1.82, 2.24) is 15.0 Å². The van der Waals surface area contributed by atoms with Gasteiger partial charge in [0.25, 0.3) is 0 Å². The molecule has 0 saturated carbocycles. The number of nitrogens with zero attached hydrogens (tertiary/aromatic N) is 3. The van der Waals surface area contributed by atoms with Crippen LogP contribution in [0.4, 0.5) is 0 Å². The molecule has 0 spiro atoms. The molecule has 0 N–H and O–H groups in total. The lowest BCUT2D eigenvalue weighted by Crippen LogP contribution is -2.40. The van der Waals surface area contributed by atoms with E-state index in [4.69, 9.17) is 4.52 Å². The lowest BCUT2D eigenvalue weighted by molar-refractivity contribution is -0.134. The van der Waals surface area contributed by atoms with Crippen LogP contribution in [0.2, 0.25) is 0 Å². The van der Waals surface area contributed by atoms with Crippen LogP contribution < -0.4 is 0 Å². The van der Waals surface area contributed by atoms with E-state index in [9.17, 15) is 4.79 Å². The summed E-state index contributed by atoms with van der Waals surface area (Å²) in [7, 11) is 0. The second-order valence-electron chi connectivity index (χ2n) is 6.71. The van der Waals surface area contributed by atoms with Gasteiger partial charge in [-0.15, -0.1) is 0 Å². The van der Waals surface area contributed by atoms with Gasteiger partial charge >= 0.3 is 0 Å². The zero-order chi connectivity index (χ0) is 18.4. The van der Waals surface area contributed by atoms with E-state index >= 15 is 0 Å². The number of carbonyl (C=O) groups is 1. The fourth-order valence-corrected chi connectivity index (χ4v) is 2.83. The quantitative estimate of drug-likeness (QED) is 0.635. The van der Waals surface area contributed by atoms with Gasteiger partial charge in [-0.2, -0.15) is 4.98 Å². The summed E-state index contributed by atoms with van der Waals surface area (Å²) in [5, 5.41) is 4.05. The van der Waals surface area contributed by atoms with Crippen molar-refractivity contribution in [3.8, 4) is 11.4 Å². The molecule has 2 rings (SSSR count). The van der Waals surface area contributed by atoms with Crippen molar-refractivity contribution in [1.29, 1.82) is 0 Å². The molecule has 0 radical (unpaired) electrons. The van der Waals surface area contributed by atoms with E-state index in [0.717, 1.165) is 16.5 Å². The lowest BCUT2D eigenvalue weighted by atomic mass is 10.1. The normalized spacial score (nSPS) is 12.4. The first-order chi connectivity index (χ1) is 11.9. The first-order valence-corrected chi connectivity index (χ1v) is 9.58. The van der Waals surface area contributed by atoms with Crippen molar-refractivity contribution in [2.24, 2.45) is 5.92 Å². The topological polar surface area (TPSA) is 59.2 Å². The molecule has 1 aromatic heterocycles. The summed E-state index contributed by atoms with van der Waals surface area (Å²) in [5.74, 6) is 1.68. The number of halogens is 1. The molecule has 0 saturated heterocycles. The van der Waals surface area contributed by atoms with Crippen LogP contribution >= 0.6 is 15.9 Å². The van der Waals surface area contributed by atoms with Gasteiger partial charge in [-0.1, -0.05) is 41.9 Å². The van der Waals surface area contributed by atoms with Gasteiger partial charge in [-0.05, 0) is 43.5 Å². The number of benzene rings is 1. The third kappa shape index (κ3) is 5.66. The zero-order valence-corrected chi connectivity index (χ0v) is 16.9. The minimum atomic E-state index is 0.192. The maximum atomic E-state index is 12.5. The first-order valence-electron chi connectivity index (χ1n) is 8.78. The molecule has 25 heavy (non-hydrogen) atoms. The maximum absolute atomic E-state index is 12.5. The summed E-state index contributed by atoms with van der Waals surface area (Å²) in [6.45, 7) is 8.91. The largest absolute Gasteiger partial charge is 0.339 e. The monoisotopic (exact) mass is 407 g/mol. The Morgan fingerprint density at radius 1 is 1.24 bits per heavy atom. The molecule has 0 bridgehead atoms. The summed E-state index contributed by atoms with van der Waals surface area (Å²) in [6.07, 6.45) is 2.06. The number of amides is 1. The van der Waals surface area contributed by atoms with Gasteiger partial charge in [-0.3, -0.25) is 4.79 Å². The first kappa shape index (κ1) is 19.6. The van der Waals surface area contributed by atoms with Crippen LogP contribution in [-0.2, 0) is 11.2 Å². The van der Waals surface area contributed by atoms with Crippen LogP contribution in [0, 0.1) is 5.92 Å². The second kappa shape index (κ2) is 9.13. The van der Waals surface area contributed by atoms with Gasteiger partial charge in [0.1, 0.15) is 0 Å². The number of hydrogen-bond acceptors (Lipinski definition) is 4. The number of hydrogen-bond donors (Lipinski definition) is 0. The van der Waals surface area contributed by atoms with Gasteiger partial charge in [0.2, 0.25) is 17.6 Å². The maximum Gasteiger partial charge on any atom is 0.228 e. The molecule has 0 aliphatic heterocycles. The Balaban J connectivity index is 2.02. The van der Waals surface area contributed by atoms with E-state index in [-0.39, 0.29) is 11.9 Å². The third-order valence-corrected chi connectivity index (χ3v) is 4.69. The van der Waals surface area contributed by atoms with Crippen LogP contribution in [0.5, 0.6) is 0 Å². The minimum Gasteiger partial charge on any atom is -0.339 e. The van der Waals surface area contributed by atoms with Crippen molar-refractivity contribution in [2.75, 3.05) is 6.54 Å². The number of rotatable bonds is 8. The van der Waals surface area contributed by atoms with Crippen molar-refractivity contribution < 1.29 is 9.32 Å². The van der Waals surface area contributed by atoms with E-state index in [1.54, 1.807) is 0 Å². The Hall–Kier alpha value is -1.69. The van der Waals surface area contributed by atoms with Gasteiger partial charge < -0.3 is 9.42 Å². The molecule has 1 aromatic carbocycles. The van der Waals surface area contributed by atoms with E-state index < -0.39 is 0 Å². The Bertz CT molecular complexity index is 682. The van der Waals surface area contributed by atoms with Gasteiger partial charge in [0, 0.05) is 35.5 Å². The molecule has 136 valence electrons. The van der Waals surface area contributed by atoms with Crippen molar-refractivity contribution in [2.45, 2.75) is 53.0 Å². The molecule has 1 amide bonds. The van der Waals surface area contributed by atoms with Gasteiger partial charge in [-0.25, -0.2) is 0 Å². The van der Waals surface area contributed by atoms with Crippen molar-refractivity contribution in [3.63, 3.8) is 0 Å². The van der Waals surface area contributed by atoms with E-state index in [2.05, 4.69) is 53.8 Å². The second-order valence-corrected chi connectivity index (χ2v) is 7.63.